The van der Waals surface area contributed by atoms with Crippen molar-refractivity contribution in [2.24, 2.45) is 5.92 Å². The molecule has 0 heterocycles. The third-order valence-corrected chi connectivity index (χ3v) is 4.02. The molecule has 2 nitrogen and oxygen atoms in total. The molecule has 0 aliphatic heterocycles. The fourth-order valence-corrected chi connectivity index (χ4v) is 2.92. The summed E-state index contributed by atoms with van der Waals surface area (Å²) >= 11 is 0. The van der Waals surface area contributed by atoms with Gasteiger partial charge in [-0.1, -0.05) is 39.5 Å². The lowest BCUT2D eigenvalue weighted by atomic mass is 9.72. The molecule has 1 aliphatic carbocycles. The second-order valence-electron chi connectivity index (χ2n) is 4.98. The first-order valence-corrected chi connectivity index (χ1v) is 6.55. The van der Waals surface area contributed by atoms with Crippen molar-refractivity contribution in [3.05, 3.63) is 0 Å². The van der Waals surface area contributed by atoms with Crippen LogP contribution in [-0.2, 0) is 0 Å². The van der Waals surface area contributed by atoms with Gasteiger partial charge in [-0.25, -0.2) is 0 Å². The zero-order valence-electron chi connectivity index (χ0n) is 10.2. The molecular weight excluding hydrogens is 188 g/mol. The van der Waals surface area contributed by atoms with Gasteiger partial charge in [-0.05, 0) is 31.6 Å². The van der Waals surface area contributed by atoms with Crippen molar-refractivity contribution in [1.29, 1.82) is 0 Å². The van der Waals surface area contributed by atoms with Crippen molar-refractivity contribution in [3.63, 3.8) is 0 Å². The zero-order valence-corrected chi connectivity index (χ0v) is 10.2. The van der Waals surface area contributed by atoms with Crippen LogP contribution in [0.2, 0.25) is 0 Å². The Hall–Kier alpha value is -0.0800. The molecule has 0 bridgehead atoms. The Balaban J connectivity index is 2.63. The van der Waals surface area contributed by atoms with Gasteiger partial charge in [-0.15, -0.1) is 0 Å². The van der Waals surface area contributed by atoms with Crippen molar-refractivity contribution in [1.82, 2.24) is 0 Å². The third-order valence-electron chi connectivity index (χ3n) is 4.02. The number of hydrogen-bond donors (Lipinski definition) is 2. The highest BCUT2D eigenvalue weighted by molar-refractivity contribution is 4.92. The van der Waals surface area contributed by atoms with Crippen LogP contribution in [0.15, 0.2) is 0 Å². The normalized spacial score (nSPS) is 24.8. The van der Waals surface area contributed by atoms with Gasteiger partial charge in [0.15, 0.2) is 0 Å². The molecule has 0 spiro atoms. The van der Waals surface area contributed by atoms with Crippen molar-refractivity contribution in [2.45, 2.75) is 76.9 Å². The van der Waals surface area contributed by atoms with Crippen LogP contribution in [0.4, 0.5) is 0 Å². The molecule has 2 heteroatoms. The van der Waals surface area contributed by atoms with E-state index in [1.54, 1.807) is 0 Å². The fourth-order valence-electron chi connectivity index (χ4n) is 2.92. The number of aliphatic hydroxyl groups excluding tert-OH is 1. The number of aliphatic hydroxyl groups is 2. The largest absolute Gasteiger partial charge is 0.390 e. The van der Waals surface area contributed by atoms with E-state index in [2.05, 4.69) is 6.92 Å². The molecule has 2 unspecified atom stereocenters. The molecule has 0 aromatic carbocycles. The van der Waals surface area contributed by atoms with Crippen LogP contribution in [0.1, 0.15) is 65.2 Å². The van der Waals surface area contributed by atoms with Gasteiger partial charge in [-0.3, -0.25) is 0 Å². The van der Waals surface area contributed by atoms with Gasteiger partial charge in [0.1, 0.15) is 0 Å². The fraction of sp³-hybridized carbons (Fsp3) is 1.00. The second-order valence-corrected chi connectivity index (χ2v) is 4.98. The molecule has 1 fully saturated rings. The molecular formula is C13H26O2. The molecule has 0 amide bonds. The molecule has 1 aliphatic rings. The third kappa shape index (κ3) is 2.94. The Bertz CT molecular complexity index is 175. The molecule has 15 heavy (non-hydrogen) atoms. The molecule has 1 saturated carbocycles. The SMILES string of the molecule is CCCC(O)C(O)(CC)C1CCCCC1. The van der Waals surface area contributed by atoms with Crippen molar-refractivity contribution in [3.8, 4) is 0 Å². The quantitative estimate of drug-likeness (QED) is 0.739. The maximum Gasteiger partial charge on any atom is 0.0930 e. The Morgan fingerprint density at radius 1 is 1.20 bits per heavy atom. The molecule has 0 aromatic rings. The monoisotopic (exact) mass is 214 g/mol. The van der Waals surface area contributed by atoms with E-state index in [9.17, 15) is 10.2 Å². The summed E-state index contributed by atoms with van der Waals surface area (Å²) in [7, 11) is 0. The average molecular weight is 214 g/mol. The topological polar surface area (TPSA) is 40.5 Å². The molecule has 0 aromatic heterocycles. The van der Waals surface area contributed by atoms with E-state index in [0.717, 1.165) is 25.7 Å². The summed E-state index contributed by atoms with van der Waals surface area (Å²) in [5.74, 6) is 0.317. The minimum atomic E-state index is -0.823. The first kappa shape index (κ1) is 13.0. The molecule has 1 rings (SSSR count). The van der Waals surface area contributed by atoms with Crippen LogP contribution in [0, 0.1) is 5.92 Å². The molecule has 0 radical (unpaired) electrons. The highest BCUT2D eigenvalue weighted by atomic mass is 16.3. The van der Waals surface area contributed by atoms with E-state index in [0.29, 0.717) is 12.3 Å². The van der Waals surface area contributed by atoms with Gasteiger partial charge in [-0.2, -0.15) is 0 Å². The Morgan fingerprint density at radius 3 is 2.27 bits per heavy atom. The summed E-state index contributed by atoms with van der Waals surface area (Å²) < 4.78 is 0. The highest BCUT2D eigenvalue weighted by Crippen LogP contribution is 2.37. The summed E-state index contributed by atoms with van der Waals surface area (Å²) in [6, 6.07) is 0. The Labute approximate surface area is 93.7 Å². The second kappa shape index (κ2) is 5.86. The molecule has 0 saturated heterocycles. The molecule has 2 atom stereocenters. The smallest absolute Gasteiger partial charge is 0.0930 e. The lowest BCUT2D eigenvalue weighted by Crippen LogP contribution is -2.49. The van der Waals surface area contributed by atoms with Gasteiger partial charge in [0.05, 0.1) is 11.7 Å². The van der Waals surface area contributed by atoms with Gasteiger partial charge in [0.2, 0.25) is 0 Å². The lowest BCUT2D eigenvalue weighted by molar-refractivity contribution is -0.127. The number of rotatable bonds is 5. The molecule has 90 valence electrons. The van der Waals surface area contributed by atoms with Crippen LogP contribution in [-0.4, -0.2) is 21.9 Å². The predicted octanol–water partition coefficient (Wildman–Crippen LogP) is 2.87. The van der Waals surface area contributed by atoms with Crippen molar-refractivity contribution >= 4 is 0 Å². The maximum atomic E-state index is 10.6. The summed E-state index contributed by atoms with van der Waals surface area (Å²) in [4.78, 5) is 0. The Kier molecular flexibility index (Phi) is 5.07. The van der Waals surface area contributed by atoms with E-state index >= 15 is 0 Å². The van der Waals surface area contributed by atoms with Crippen molar-refractivity contribution in [2.75, 3.05) is 0 Å². The van der Waals surface area contributed by atoms with E-state index in [1.165, 1.54) is 19.3 Å². The van der Waals surface area contributed by atoms with Gasteiger partial charge >= 0.3 is 0 Å². The van der Waals surface area contributed by atoms with Crippen LogP contribution < -0.4 is 0 Å². The van der Waals surface area contributed by atoms with Crippen LogP contribution in [0.25, 0.3) is 0 Å². The summed E-state index contributed by atoms with van der Waals surface area (Å²) in [5, 5.41) is 20.7. The summed E-state index contributed by atoms with van der Waals surface area (Å²) in [6.45, 7) is 4.05. The minimum absolute atomic E-state index is 0.317. The van der Waals surface area contributed by atoms with Crippen LogP contribution in [0.3, 0.4) is 0 Å². The van der Waals surface area contributed by atoms with E-state index in [1.807, 2.05) is 6.92 Å². The van der Waals surface area contributed by atoms with Crippen LogP contribution >= 0.6 is 0 Å². The van der Waals surface area contributed by atoms with E-state index in [4.69, 9.17) is 0 Å². The highest BCUT2D eigenvalue weighted by Gasteiger charge is 2.41. The first-order chi connectivity index (χ1) is 7.15. The first-order valence-electron chi connectivity index (χ1n) is 6.55. The standard InChI is InChI=1S/C13H26O2/c1-3-8-12(14)13(15,4-2)11-9-6-5-7-10-11/h11-12,14-15H,3-10H2,1-2H3. The average Bonchev–Trinajstić information content (AvgIpc) is 2.29. The lowest BCUT2D eigenvalue weighted by Gasteiger charge is -2.41. The summed E-state index contributed by atoms with van der Waals surface area (Å²) in [6.07, 6.45) is 7.71. The van der Waals surface area contributed by atoms with E-state index in [-0.39, 0.29) is 0 Å². The number of hydrogen-bond acceptors (Lipinski definition) is 2. The molecule has 2 N–H and O–H groups in total. The van der Waals surface area contributed by atoms with Gasteiger partial charge in [0.25, 0.3) is 0 Å². The van der Waals surface area contributed by atoms with Crippen molar-refractivity contribution < 1.29 is 10.2 Å². The summed E-state index contributed by atoms with van der Waals surface area (Å²) in [5.41, 5.74) is -0.823. The maximum absolute atomic E-state index is 10.6. The zero-order chi connectivity index (χ0) is 11.3. The minimum Gasteiger partial charge on any atom is -0.390 e. The van der Waals surface area contributed by atoms with Gasteiger partial charge in [0, 0.05) is 0 Å². The van der Waals surface area contributed by atoms with E-state index < -0.39 is 11.7 Å². The Morgan fingerprint density at radius 2 is 1.80 bits per heavy atom. The predicted molar refractivity (Wildman–Crippen MR) is 62.7 cm³/mol. The van der Waals surface area contributed by atoms with Gasteiger partial charge < -0.3 is 10.2 Å². The van der Waals surface area contributed by atoms with Crippen LogP contribution in [0.5, 0.6) is 0 Å².